The molecule has 174 valence electrons. The Kier molecular flexibility index (Phi) is 5.87. The number of aromatic nitrogens is 6. The zero-order chi connectivity index (χ0) is 23.7. The Morgan fingerprint density at radius 1 is 0.971 bits per heavy atom. The number of halogens is 2. The highest BCUT2D eigenvalue weighted by Crippen LogP contribution is 2.27. The molecule has 34 heavy (non-hydrogen) atoms. The molecule has 1 amide bonds. The molecule has 10 heteroatoms. The van der Waals surface area contributed by atoms with Crippen molar-refractivity contribution in [3.05, 3.63) is 72.1 Å². The van der Waals surface area contributed by atoms with Crippen molar-refractivity contribution in [2.45, 2.75) is 31.8 Å². The van der Waals surface area contributed by atoms with Gasteiger partial charge in [0, 0.05) is 30.9 Å². The van der Waals surface area contributed by atoms with Gasteiger partial charge in [-0.2, -0.15) is 9.90 Å². The van der Waals surface area contributed by atoms with Gasteiger partial charge in [0.05, 0.1) is 12.6 Å². The van der Waals surface area contributed by atoms with E-state index in [1.807, 2.05) is 4.90 Å². The van der Waals surface area contributed by atoms with Crippen LogP contribution >= 0.6 is 0 Å². The summed E-state index contributed by atoms with van der Waals surface area (Å²) in [5.74, 6) is -0.445. The molecule has 1 atom stereocenters. The number of aryl methyl sites for hydroxylation is 1. The second-order valence-corrected chi connectivity index (χ2v) is 8.39. The molecule has 0 saturated carbocycles. The Bertz CT molecular complexity index is 1300. The van der Waals surface area contributed by atoms with Gasteiger partial charge in [0.25, 0.3) is 5.91 Å². The Balaban J connectivity index is 1.38. The third-order valence-corrected chi connectivity index (χ3v) is 6.00. The van der Waals surface area contributed by atoms with E-state index in [4.69, 9.17) is 0 Å². The highest BCUT2D eigenvalue weighted by molar-refractivity contribution is 5.99. The zero-order valence-corrected chi connectivity index (χ0v) is 18.6. The van der Waals surface area contributed by atoms with E-state index in [0.717, 1.165) is 24.8 Å². The quantitative estimate of drug-likeness (QED) is 0.451. The van der Waals surface area contributed by atoms with Gasteiger partial charge in [-0.25, -0.2) is 8.78 Å². The number of hydrogen-bond acceptors (Lipinski definition) is 5. The van der Waals surface area contributed by atoms with E-state index in [0.29, 0.717) is 35.7 Å². The predicted octanol–water partition coefficient (Wildman–Crippen LogP) is 3.71. The van der Waals surface area contributed by atoms with Crippen LogP contribution in [0.4, 0.5) is 8.78 Å². The zero-order valence-electron chi connectivity index (χ0n) is 18.6. The van der Waals surface area contributed by atoms with Crippen LogP contribution in [0.15, 0.2) is 54.7 Å². The maximum Gasteiger partial charge on any atom is 0.275 e. The maximum atomic E-state index is 13.6. The molecule has 1 fully saturated rings. The van der Waals surface area contributed by atoms with Crippen molar-refractivity contribution in [2.75, 3.05) is 6.54 Å². The van der Waals surface area contributed by atoms with Crippen molar-refractivity contribution < 1.29 is 13.6 Å². The van der Waals surface area contributed by atoms with Crippen LogP contribution in [-0.2, 0) is 13.6 Å². The molecule has 1 aliphatic rings. The monoisotopic (exact) mass is 463 g/mol. The summed E-state index contributed by atoms with van der Waals surface area (Å²) in [7, 11) is 1.76. The van der Waals surface area contributed by atoms with Crippen LogP contribution in [0.1, 0.15) is 29.8 Å². The summed E-state index contributed by atoms with van der Waals surface area (Å²) < 4.78 is 28.2. The minimum atomic E-state index is -0.336. The molecule has 1 unspecified atom stereocenters. The highest BCUT2D eigenvalue weighted by Gasteiger charge is 2.31. The first-order chi connectivity index (χ1) is 16.5. The van der Waals surface area contributed by atoms with Gasteiger partial charge in [-0.3, -0.25) is 9.48 Å². The fraction of sp³-hybridized carbons (Fsp3) is 0.292. The van der Waals surface area contributed by atoms with Gasteiger partial charge in [-0.05, 0) is 66.4 Å². The number of carbonyl (C=O) groups excluding carboxylic acids is 1. The summed E-state index contributed by atoms with van der Waals surface area (Å²) in [4.78, 5) is 16.9. The Labute approximate surface area is 194 Å². The molecule has 0 spiro atoms. The molecule has 0 radical (unpaired) electrons. The summed E-state index contributed by atoms with van der Waals surface area (Å²) in [6.45, 7) is 0.987. The first-order valence-corrected chi connectivity index (χ1v) is 11.1. The molecular weight excluding hydrogens is 440 g/mol. The fourth-order valence-electron chi connectivity index (χ4n) is 4.30. The molecule has 0 N–H and O–H groups in total. The van der Waals surface area contributed by atoms with Crippen LogP contribution in [0, 0.1) is 11.6 Å². The largest absolute Gasteiger partial charge is 0.332 e. The summed E-state index contributed by atoms with van der Waals surface area (Å²) in [6.07, 6.45) is 4.46. The Morgan fingerprint density at radius 3 is 2.35 bits per heavy atom. The molecule has 5 rings (SSSR count). The molecule has 4 aromatic rings. The third-order valence-electron chi connectivity index (χ3n) is 6.00. The second-order valence-electron chi connectivity index (χ2n) is 8.39. The summed E-state index contributed by atoms with van der Waals surface area (Å²) in [5, 5.41) is 17.1. The SMILES string of the molecule is Cn1cc(-c2ccc(F)cc2)c(C(=O)N2CCCCC2Cn2nnc(-c3ccc(F)cc3)n2)n1. The van der Waals surface area contributed by atoms with Crippen LogP contribution in [0.2, 0.25) is 0 Å². The number of hydrogen-bond donors (Lipinski definition) is 0. The van der Waals surface area contributed by atoms with E-state index in [1.165, 1.54) is 29.1 Å². The molecule has 3 heterocycles. The van der Waals surface area contributed by atoms with Gasteiger partial charge in [-0.1, -0.05) is 12.1 Å². The van der Waals surface area contributed by atoms with Gasteiger partial charge in [-0.15, -0.1) is 10.2 Å². The van der Waals surface area contributed by atoms with Crippen molar-refractivity contribution in [3.8, 4) is 22.5 Å². The van der Waals surface area contributed by atoms with Crippen molar-refractivity contribution in [1.29, 1.82) is 0 Å². The standard InChI is InChI=1S/C24H23F2N7O/c1-31-15-21(16-5-9-18(25)10-6-16)22(28-31)24(34)32-13-3-2-4-20(32)14-33-29-23(27-30-33)17-7-11-19(26)12-8-17/h5-12,15,20H,2-4,13-14H2,1H3. The van der Waals surface area contributed by atoms with Crippen molar-refractivity contribution >= 4 is 5.91 Å². The third kappa shape index (κ3) is 4.43. The lowest BCUT2D eigenvalue weighted by atomic mass is 10.00. The Morgan fingerprint density at radius 2 is 1.65 bits per heavy atom. The summed E-state index contributed by atoms with van der Waals surface area (Å²) in [6, 6.07) is 11.8. The normalized spacial score (nSPS) is 16.1. The molecule has 0 bridgehead atoms. The lowest BCUT2D eigenvalue weighted by molar-refractivity contribution is 0.0570. The van der Waals surface area contributed by atoms with Crippen LogP contribution in [-0.4, -0.2) is 53.4 Å². The van der Waals surface area contributed by atoms with E-state index in [1.54, 1.807) is 42.2 Å². The van der Waals surface area contributed by atoms with Crippen LogP contribution < -0.4 is 0 Å². The first-order valence-electron chi connectivity index (χ1n) is 11.1. The number of likely N-dealkylation sites (tertiary alicyclic amines) is 1. The number of tetrazole rings is 1. The highest BCUT2D eigenvalue weighted by atomic mass is 19.1. The lowest BCUT2D eigenvalue weighted by Crippen LogP contribution is -2.46. The van der Waals surface area contributed by atoms with Crippen LogP contribution in [0.25, 0.3) is 22.5 Å². The second kappa shape index (κ2) is 9.12. The minimum absolute atomic E-state index is 0.125. The number of rotatable bonds is 5. The smallest absolute Gasteiger partial charge is 0.275 e. The van der Waals surface area contributed by atoms with Gasteiger partial charge in [0.15, 0.2) is 5.69 Å². The Hall–Kier alpha value is -3.95. The van der Waals surface area contributed by atoms with Gasteiger partial charge in [0.2, 0.25) is 5.82 Å². The lowest BCUT2D eigenvalue weighted by Gasteiger charge is -2.35. The van der Waals surface area contributed by atoms with E-state index in [2.05, 4.69) is 20.5 Å². The molecule has 8 nitrogen and oxygen atoms in total. The number of amides is 1. The number of benzene rings is 2. The summed E-state index contributed by atoms with van der Waals surface area (Å²) in [5.41, 5.74) is 2.39. The minimum Gasteiger partial charge on any atom is -0.332 e. The van der Waals surface area contributed by atoms with Crippen molar-refractivity contribution in [3.63, 3.8) is 0 Å². The van der Waals surface area contributed by atoms with Crippen LogP contribution in [0.5, 0.6) is 0 Å². The summed E-state index contributed by atoms with van der Waals surface area (Å²) >= 11 is 0. The molecule has 1 saturated heterocycles. The van der Waals surface area contributed by atoms with Crippen molar-refractivity contribution in [1.82, 2.24) is 34.9 Å². The van der Waals surface area contributed by atoms with Crippen LogP contribution in [0.3, 0.4) is 0 Å². The average Bonchev–Trinajstić information content (AvgIpc) is 3.47. The predicted molar refractivity (Wildman–Crippen MR) is 120 cm³/mol. The maximum absolute atomic E-state index is 13.6. The molecule has 2 aromatic heterocycles. The number of piperidine rings is 1. The van der Waals surface area contributed by atoms with Gasteiger partial charge in [0.1, 0.15) is 11.6 Å². The topological polar surface area (TPSA) is 81.7 Å². The fourth-order valence-corrected chi connectivity index (χ4v) is 4.30. The first kappa shape index (κ1) is 21.9. The van der Waals surface area contributed by atoms with E-state index in [9.17, 15) is 13.6 Å². The van der Waals surface area contributed by atoms with Crippen molar-refractivity contribution in [2.24, 2.45) is 7.05 Å². The van der Waals surface area contributed by atoms with E-state index < -0.39 is 0 Å². The van der Waals surface area contributed by atoms with Gasteiger partial charge >= 0.3 is 0 Å². The average molecular weight is 463 g/mol. The number of nitrogens with zero attached hydrogens (tertiary/aromatic N) is 7. The van der Waals surface area contributed by atoms with Gasteiger partial charge < -0.3 is 4.90 Å². The molecule has 1 aliphatic heterocycles. The molecule has 2 aromatic carbocycles. The molecule has 0 aliphatic carbocycles. The van der Waals surface area contributed by atoms with E-state index >= 15 is 0 Å². The molecular formula is C24H23F2N7O. The number of carbonyl (C=O) groups is 1. The van der Waals surface area contributed by atoms with E-state index in [-0.39, 0.29) is 23.6 Å².